The number of amides is 1. The number of nitrogens with one attached hydrogen (secondary N) is 2. The van der Waals surface area contributed by atoms with Gasteiger partial charge in [-0.15, -0.1) is 0 Å². The van der Waals surface area contributed by atoms with E-state index in [1.54, 1.807) is 0 Å². The molecule has 114 valence electrons. The number of hydrogen-bond acceptors (Lipinski definition) is 3. The Kier molecular flexibility index (Phi) is 4.68. The van der Waals surface area contributed by atoms with E-state index in [9.17, 15) is 9.59 Å². The zero-order valence-corrected chi connectivity index (χ0v) is 12.4. The minimum absolute atomic E-state index is 0.148. The molecule has 0 aromatic carbocycles. The molecule has 2 aliphatic rings. The lowest BCUT2D eigenvalue weighted by molar-refractivity contribution is -0.142. The van der Waals surface area contributed by atoms with E-state index >= 15 is 0 Å². The first kappa shape index (κ1) is 15.3. The smallest absolute Gasteiger partial charge is 0.306 e. The van der Waals surface area contributed by atoms with Crippen molar-refractivity contribution in [2.45, 2.75) is 52.0 Å². The van der Waals surface area contributed by atoms with E-state index in [0.29, 0.717) is 18.8 Å². The Morgan fingerprint density at radius 3 is 2.35 bits per heavy atom. The topological polar surface area (TPSA) is 78.4 Å². The van der Waals surface area contributed by atoms with Gasteiger partial charge in [0.2, 0.25) is 5.91 Å². The third-order valence-electron chi connectivity index (χ3n) is 5.16. The van der Waals surface area contributed by atoms with Gasteiger partial charge in [-0.25, -0.2) is 0 Å². The van der Waals surface area contributed by atoms with Gasteiger partial charge in [0.1, 0.15) is 0 Å². The van der Waals surface area contributed by atoms with Crippen molar-refractivity contribution in [2.75, 3.05) is 13.1 Å². The number of aliphatic carboxylic acids is 1. The number of carboxylic acid groups (broad SMARTS) is 1. The molecule has 1 heterocycles. The average Bonchev–Trinajstić information content (AvgIpc) is 2.90. The summed E-state index contributed by atoms with van der Waals surface area (Å²) >= 11 is 0. The van der Waals surface area contributed by atoms with Crippen LogP contribution in [0, 0.1) is 17.3 Å². The molecule has 2 rings (SSSR count). The molecule has 0 radical (unpaired) electrons. The summed E-state index contributed by atoms with van der Waals surface area (Å²) in [7, 11) is 0. The van der Waals surface area contributed by atoms with E-state index in [-0.39, 0.29) is 23.3 Å². The largest absolute Gasteiger partial charge is 0.481 e. The monoisotopic (exact) mass is 282 g/mol. The highest BCUT2D eigenvalue weighted by atomic mass is 16.4. The molecule has 0 bridgehead atoms. The van der Waals surface area contributed by atoms with Crippen molar-refractivity contribution in [1.82, 2.24) is 10.6 Å². The van der Waals surface area contributed by atoms with Gasteiger partial charge in [0.15, 0.2) is 0 Å². The van der Waals surface area contributed by atoms with Gasteiger partial charge in [-0.1, -0.05) is 13.8 Å². The highest BCUT2D eigenvalue weighted by Gasteiger charge is 2.44. The van der Waals surface area contributed by atoms with Crippen molar-refractivity contribution in [3.05, 3.63) is 0 Å². The van der Waals surface area contributed by atoms with Gasteiger partial charge in [-0.3, -0.25) is 9.59 Å². The Balaban J connectivity index is 1.90. The van der Waals surface area contributed by atoms with E-state index in [1.807, 2.05) is 0 Å². The Bertz CT molecular complexity index is 367. The molecule has 1 saturated heterocycles. The number of hydrogen-bond donors (Lipinski definition) is 3. The van der Waals surface area contributed by atoms with Crippen LogP contribution in [-0.2, 0) is 9.59 Å². The second-order valence-corrected chi connectivity index (χ2v) is 6.60. The number of carbonyl (C=O) groups excluding carboxylic acids is 1. The molecule has 20 heavy (non-hydrogen) atoms. The SMILES string of the molecule is CC(C)C1(C(=O)NC2CCC(C(=O)O)CC2)CCNC1. The summed E-state index contributed by atoms with van der Waals surface area (Å²) in [5.41, 5.74) is -0.288. The fourth-order valence-electron chi connectivity index (χ4n) is 3.47. The second kappa shape index (κ2) is 6.12. The molecule has 1 saturated carbocycles. The molecule has 0 aromatic rings. The van der Waals surface area contributed by atoms with Gasteiger partial charge in [0.05, 0.1) is 11.3 Å². The molecule has 5 nitrogen and oxygen atoms in total. The number of rotatable bonds is 4. The lowest BCUT2D eigenvalue weighted by Crippen LogP contribution is -2.50. The Morgan fingerprint density at radius 2 is 1.90 bits per heavy atom. The van der Waals surface area contributed by atoms with Crippen LogP contribution in [0.4, 0.5) is 0 Å². The van der Waals surface area contributed by atoms with Gasteiger partial charge in [-0.05, 0) is 44.6 Å². The molecule has 0 aromatic heterocycles. The minimum Gasteiger partial charge on any atom is -0.481 e. The molecular formula is C15H26N2O3. The van der Waals surface area contributed by atoms with E-state index in [2.05, 4.69) is 24.5 Å². The predicted molar refractivity (Wildman–Crippen MR) is 76.3 cm³/mol. The molecule has 0 spiro atoms. The van der Waals surface area contributed by atoms with Crippen LogP contribution < -0.4 is 10.6 Å². The summed E-state index contributed by atoms with van der Waals surface area (Å²) in [6, 6.07) is 0.148. The highest BCUT2D eigenvalue weighted by molar-refractivity contribution is 5.84. The first-order chi connectivity index (χ1) is 9.45. The van der Waals surface area contributed by atoms with E-state index in [4.69, 9.17) is 5.11 Å². The zero-order valence-electron chi connectivity index (χ0n) is 12.4. The van der Waals surface area contributed by atoms with Crippen LogP contribution in [0.15, 0.2) is 0 Å². The van der Waals surface area contributed by atoms with Crippen LogP contribution in [0.3, 0.4) is 0 Å². The quantitative estimate of drug-likeness (QED) is 0.728. The van der Waals surface area contributed by atoms with E-state index in [0.717, 1.165) is 32.4 Å². The fourth-order valence-corrected chi connectivity index (χ4v) is 3.47. The van der Waals surface area contributed by atoms with Crippen LogP contribution in [-0.4, -0.2) is 36.1 Å². The highest BCUT2D eigenvalue weighted by Crippen LogP contribution is 2.35. The van der Waals surface area contributed by atoms with Crippen molar-refractivity contribution < 1.29 is 14.7 Å². The summed E-state index contributed by atoms with van der Waals surface area (Å²) in [5.74, 6) is -0.465. The molecule has 5 heteroatoms. The molecule has 1 atom stereocenters. The number of carbonyl (C=O) groups is 2. The van der Waals surface area contributed by atoms with Gasteiger partial charge in [0.25, 0.3) is 0 Å². The van der Waals surface area contributed by atoms with Crippen LogP contribution >= 0.6 is 0 Å². The maximum Gasteiger partial charge on any atom is 0.306 e. The predicted octanol–water partition coefficient (Wildman–Crippen LogP) is 1.38. The van der Waals surface area contributed by atoms with Crippen LogP contribution in [0.2, 0.25) is 0 Å². The lowest BCUT2D eigenvalue weighted by Gasteiger charge is -2.35. The maximum atomic E-state index is 12.6. The van der Waals surface area contributed by atoms with Crippen molar-refractivity contribution in [3.63, 3.8) is 0 Å². The normalized spacial score (nSPS) is 34.1. The molecule has 1 amide bonds. The minimum atomic E-state index is -0.701. The first-order valence-corrected chi connectivity index (χ1v) is 7.70. The Morgan fingerprint density at radius 1 is 1.25 bits per heavy atom. The van der Waals surface area contributed by atoms with Gasteiger partial charge in [-0.2, -0.15) is 0 Å². The van der Waals surface area contributed by atoms with E-state index < -0.39 is 5.97 Å². The summed E-state index contributed by atoms with van der Waals surface area (Å²) in [6.07, 6.45) is 3.80. The third kappa shape index (κ3) is 2.97. The first-order valence-electron chi connectivity index (χ1n) is 7.70. The molecule has 3 N–H and O–H groups in total. The molecule has 1 aliphatic heterocycles. The van der Waals surface area contributed by atoms with Crippen molar-refractivity contribution >= 4 is 11.9 Å². The van der Waals surface area contributed by atoms with Gasteiger partial charge < -0.3 is 15.7 Å². The van der Waals surface area contributed by atoms with Gasteiger partial charge in [0, 0.05) is 12.6 Å². The van der Waals surface area contributed by atoms with Crippen LogP contribution in [0.1, 0.15) is 46.0 Å². The Hall–Kier alpha value is -1.10. The summed E-state index contributed by atoms with van der Waals surface area (Å²) < 4.78 is 0. The van der Waals surface area contributed by atoms with Crippen molar-refractivity contribution in [2.24, 2.45) is 17.3 Å². The fraction of sp³-hybridized carbons (Fsp3) is 0.867. The summed E-state index contributed by atoms with van der Waals surface area (Å²) in [4.78, 5) is 23.6. The summed E-state index contributed by atoms with van der Waals surface area (Å²) in [5, 5.41) is 15.5. The third-order valence-corrected chi connectivity index (χ3v) is 5.16. The Labute approximate surface area is 120 Å². The summed E-state index contributed by atoms with van der Waals surface area (Å²) in [6.45, 7) is 5.86. The maximum absolute atomic E-state index is 12.6. The second-order valence-electron chi connectivity index (χ2n) is 6.60. The van der Waals surface area contributed by atoms with E-state index in [1.165, 1.54) is 0 Å². The average molecular weight is 282 g/mol. The van der Waals surface area contributed by atoms with Crippen LogP contribution in [0.25, 0.3) is 0 Å². The van der Waals surface area contributed by atoms with Gasteiger partial charge >= 0.3 is 5.97 Å². The zero-order chi connectivity index (χ0) is 14.8. The molecule has 1 aliphatic carbocycles. The number of carboxylic acids is 1. The lowest BCUT2D eigenvalue weighted by atomic mass is 9.75. The molecular weight excluding hydrogens is 256 g/mol. The van der Waals surface area contributed by atoms with Crippen molar-refractivity contribution in [3.8, 4) is 0 Å². The van der Waals surface area contributed by atoms with Crippen molar-refractivity contribution in [1.29, 1.82) is 0 Å². The molecule has 2 fully saturated rings. The molecule has 1 unspecified atom stereocenters. The standard InChI is InChI=1S/C15H26N2O3/c1-10(2)15(7-8-16-9-15)14(20)17-12-5-3-11(4-6-12)13(18)19/h10-12,16H,3-9H2,1-2H3,(H,17,20)(H,18,19). The van der Waals surface area contributed by atoms with Crippen LogP contribution in [0.5, 0.6) is 0 Å².